The van der Waals surface area contributed by atoms with Crippen LogP contribution in [0.15, 0.2) is 23.8 Å². The Hall–Kier alpha value is -1.48. The van der Waals surface area contributed by atoms with Gasteiger partial charge < -0.3 is 15.6 Å². The number of hydrogen-bond donors (Lipinski definition) is 2. The Bertz CT molecular complexity index is 633. The maximum Gasteiger partial charge on any atom is 0.128 e. The molecule has 1 heterocycles. The summed E-state index contributed by atoms with van der Waals surface area (Å²) in [6.45, 7) is 8.42. The summed E-state index contributed by atoms with van der Waals surface area (Å²) >= 11 is 0. The van der Waals surface area contributed by atoms with Crippen molar-refractivity contribution in [3.8, 4) is 11.5 Å². The molecule has 3 nitrogen and oxygen atoms in total. The maximum absolute atomic E-state index is 10.6. The molecule has 0 radical (unpaired) electrons. The number of rotatable bonds is 2. The van der Waals surface area contributed by atoms with Crippen LogP contribution < -0.4 is 10.5 Å². The average molecular weight is 301 g/mol. The molecule has 22 heavy (non-hydrogen) atoms. The van der Waals surface area contributed by atoms with E-state index in [4.69, 9.17) is 10.5 Å². The van der Waals surface area contributed by atoms with E-state index >= 15 is 0 Å². The third-order valence-corrected chi connectivity index (χ3v) is 5.45. The second-order valence-electron chi connectivity index (χ2n) is 7.42. The summed E-state index contributed by atoms with van der Waals surface area (Å²) < 4.78 is 6.28. The lowest BCUT2D eigenvalue weighted by Gasteiger charge is -2.54. The van der Waals surface area contributed by atoms with Gasteiger partial charge in [0.2, 0.25) is 0 Å². The van der Waals surface area contributed by atoms with Crippen molar-refractivity contribution in [1.82, 2.24) is 0 Å². The Morgan fingerprint density at radius 3 is 2.77 bits per heavy atom. The van der Waals surface area contributed by atoms with Gasteiger partial charge in [-0.25, -0.2) is 0 Å². The highest BCUT2D eigenvalue weighted by Crippen LogP contribution is 2.54. The molecule has 0 bridgehead atoms. The van der Waals surface area contributed by atoms with Crippen LogP contribution in [-0.4, -0.2) is 16.2 Å². The first-order valence-corrected chi connectivity index (χ1v) is 8.29. The van der Waals surface area contributed by atoms with Crippen molar-refractivity contribution in [3.63, 3.8) is 0 Å². The minimum absolute atomic E-state index is 0.00989. The minimum Gasteiger partial charge on any atom is -0.507 e. The fraction of sp³-hybridized carbons (Fsp3) is 0.579. The zero-order valence-electron chi connectivity index (χ0n) is 14.1. The van der Waals surface area contributed by atoms with Crippen molar-refractivity contribution < 1.29 is 9.84 Å². The van der Waals surface area contributed by atoms with Crippen molar-refractivity contribution in [2.75, 3.05) is 0 Å². The monoisotopic (exact) mass is 301 g/mol. The van der Waals surface area contributed by atoms with Gasteiger partial charge in [-0.05, 0) is 57.7 Å². The third kappa shape index (κ3) is 2.14. The summed E-state index contributed by atoms with van der Waals surface area (Å²) in [5.41, 5.74) is 9.18. The van der Waals surface area contributed by atoms with E-state index in [1.807, 2.05) is 6.07 Å². The van der Waals surface area contributed by atoms with Crippen molar-refractivity contribution in [3.05, 3.63) is 34.9 Å². The molecule has 1 aliphatic carbocycles. The normalized spacial score (nSPS) is 29.1. The van der Waals surface area contributed by atoms with E-state index < -0.39 is 11.1 Å². The summed E-state index contributed by atoms with van der Waals surface area (Å²) in [6.07, 6.45) is 6.08. The summed E-state index contributed by atoms with van der Waals surface area (Å²) in [4.78, 5) is 0. The number of hydrogen-bond acceptors (Lipinski definition) is 3. The van der Waals surface area contributed by atoms with Gasteiger partial charge in [-0.3, -0.25) is 0 Å². The number of fused-ring (bicyclic) bond motifs is 3. The number of allylic oxidation sites excluding steroid dienone is 1. The number of nitrogens with two attached hydrogens (primary N) is 1. The Balaban J connectivity index is 2.20. The zero-order valence-corrected chi connectivity index (χ0v) is 14.1. The van der Waals surface area contributed by atoms with E-state index in [1.54, 1.807) is 0 Å². The Morgan fingerprint density at radius 1 is 1.36 bits per heavy atom. The summed E-state index contributed by atoms with van der Waals surface area (Å²) in [5, 5.41) is 10.6. The summed E-state index contributed by atoms with van der Waals surface area (Å²) in [6, 6.07) is 3.96. The van der Waals surface area contributed by atoms with Gasteiger partial charge in [0.15, 0.2) is 0 Å². The Labute approximate surface area is 133 Å². The molecule has 0 aromatic heterocycles. The first kappa shape index (κ1) is 15.4. The van der Waals surface area contributed by atoms with Crippen molar-refractivity contribution in [2.24, 2.45) is 5.73 Å². The smallest absolute Gasteiger partial charge is 0.128 e. The van der Waals surface area contributed by atoms with Gasteiger partial charge in [-0.2, -0.15) is 0 Å². The molecule has 0 fully saturated rings. The van der Waals surface area contributed by atoms with Gasteiger partial charge in [0.1, 0.15) is 17.1 Å². The van der Waals surface area contributed by atoms with Crippen LogP contribution >= 0.6 is 0 Å². The topological polar surface area (TPSA) is 55.5 Å². The first-order chi connectivity index (χ1) is 10.3. The molecule has 0 saturated heterocycles. The van der Waals surface area contributed by atoms with Crippen LogP contribution in [0, 0.1) is 0 Å². The van der Waals surface area contributed by atoms with E-state index in [0.717, 1.165) is 42.6 Å². The fourth-order valence-electron chi connectivity index (χ4n) is 3.96. The molecule has 1 aliphatic heterocycles. The fourth-order valence-corrected chi connectivity index (χ4v) is 3.96. The van der Waals surface area contributed by atoms with Gasteiger partial charge in [0, 0.05) is 11.5 Å². The predicted octanol–water partition coefficient (Wildman–Crippen LogP) is 4.04. The van der Waals surface area contributed by atoms with E-state index in [9.17, 15) is 5.11 Å². The van der Waals surface area contributed by atoms with E-state index in [-0.39, 0.29) is 5.92 Å². The van der Waals surface area contributed by atoms with Crippen LogP contribution in [0.5, 0.6) is 11.5 Å². The maximum atomic E-state index is 10.6. The molecule has 0 saturated carbocycles. The van der Waals surface area contributed by atoms with Crippen molar-refractivity contribution in [2.45, 2.75) is 70.4 Å². The largest absolute Gasteiger partial charge is 0.507 e. The number of phenolic OH excluding ortho intramolecular Hbond substituents is 1. The van der Waals surface area contributed by atoms with Crippen LogP contribution in [-0.2, 0) is 6.42 Å². The number of aromatic hydroxyl groups is 1. The Morgan fingerprint density at radius 2 is 2.09 bits per heavy atom. The SMILES string of the molecule is CCCc1cc(O)c2c(c1)OC(C)(C)[C@]1(N)CCC(C)=C[C@@H]21. The van der Waals surface area contributed by atoms with E-state index in [1.165, 1.54) is 5.57 Å². The van der Waals surface area contributed by atoms with E-state index in [0.29, 0.717) is 5.75 Å². The molecule has 1 aromatic rings. The molecule has 1 aromatic carbocycles. The lowest BCUT2D eigenvalue weighted by Crippen LogP contribution is -2.66. The lowest BCUT2D eigenvalue weighted by molar-refractivity contribution is -0.0113. The molecular formula is C19H27NO2. The summed E-state index contributed by atoms with van der Waals surface area (Å²) in [7, 11) is 0. The quantitative estimate of drug-likeness (QED) is 0.811. The molecule has 120 valence electrons. The molecule has 0 unspecified atom stereocenters. The third-order valence-electron chi connectivity index (χ3n) is 5.45. The van der Waals surface area contributed by atoms with Gasteiger partial charge >= 0.3 is 0 Å². The highest BCUT2D eigenvalue weighted by molar-refractivity contribution is 5.56. The van der Waals surface area contributed by atoms with Gasteiger partial charge in [0.05, 0.1) is 5.54 Å². The summed E-state index contributed by atoms with van der Waals surface area (Å²) in [5.74, 6) is 1.13. The van der Waals surface area contributed by atoms with E-state index in [2.05, 4.69) is 39.8 Å². The predicted molar refractivity (Wildman–Crippen MR) is 89.5 cm³/mol. The minimum atomic E-state index is -0.483. The second-order valence-corrected chi connectivity index (χ2v) is 7.42. The van der Waals surface area contributed by atoms with Crippen LogP contribution in [0.1, 0.15) is 64.0 Å². The number of phenols is 1. The van der Waals surface area contributed by atoms with Gasteiger partial charge in [0.25, 0.3) is 0 Å². The first-order valence-electron chi connectivity index (χ1n) is 8.29. The van der Waals surface area contributed by atoms with Crippen molar-refractivity contribution >= 4 is 0 Å². The van der Waals surface area contributed by atoms with Crippen LogP contribution in [0.3, 0.4) is 0 Å². The number of aryl methyl sites for hydroxylation is 1. The highest BCUT2D eigenvalue weighted by atomic mass is 16.5. The molecule has 0 amide bonds. The van der Waals surface area contributed by atoms with Crippen LogP contribution in [0.4, 0.5) is 0 Å². The average Bonchev–Trinajstić information content (AvgIpc) is 2.41. The molecule has 3 N–H and O–H groups in total. The highest BCUT2D eigenvalue weighted by Gasteiger charge is 2.55. The lowest BCUT2D eigenvalue weighted by atomic mass is 9.62. The molecule has 2 atom stereocenters. The standard InChI is InChI=1S/C19H27NO2/c1-5-6-13-10-15(21)17-14-9-12(2)7-8-19(14,20)18(3,4)22-16(17)11-13/h9-11,14,21H,5-8,20H2,1-4H3/t14-,19-/m0/s1. The van der Waals surface area contributed by atoms with Gasteiger partial charge in [-0.1, -0.05) is 25.0 Å². The van der Waals surface area contributed by atoms with Crippen molar-refractivity contribution in [1.29, 1.82) is 0 Å². The molecule has 3 rings (SSSR count). The zero-order chi connectivity index (χ0) is 16.1. The van der Waals surface area contributed by atoms with Crippen LogP contribution in [0.25, 0.3) is 0 Å². The van der Waals surface area contributed by atoms with Gasteiger partial charge in [-0.15, -0.1) is 0 Å². The molecule has 3 heteroatoms. The molecule has 0 spiro atoms. The number of ether oxygens (including phenoxy) is 1. The van der Waals surface area contributed by atoms with Crippen LogP contribution in [0.2, 0.25) is 0 Å². The molecule has 2 aliphatic rings. The molecular weight excluding hydrogens is 274 g/mol. The number of benzene rings is 1. The second kappa shape index (κ2) is 5.02. The Kier molecular flexibility index (Phi) is 3.52.